The van der Waals surface area contributed by atoms with Gasteiger partial charge in [0.15, 0.2) is 0 Å². The van der Waals surface area contributed by atoms with E-state index in [9.17, 15) is 13.2 Å². The average molecular weight is 457 g/mol. The van der Waals surface area contributed by atoms with E-state index in [-0.39, 0.29) is 22.1 Å². The van der Waals surface area contributed by atoms with Gasteiger partial charge in [-0.2, -0.15) is 4.31 Å². The van der Waals surface area contributed by atoms with Crippen LogP contribution in [0, 0.1) is 0 Å². The lowest BCUT2D eigenvalue weighted by molar-refractivity contribution is 0.0954. The van der Waals surface area contributed by atoms with Crippen molar-refractivity contribution in [2.75, 3.05) is 26.7 Å². The summed E-state index contributed by atoms with van der Waals surface area (Å²) in [5, 5.41) is 3.88. The van der Waals surface area contributed by atoms with Crippen LogP contribution in [0.1, 0.15) is 28.8 Å². The molecular weight excluding hydrogens is 435 g/mol. The zero-order valence-electron chi connectivity index (χ0n) is 16.0. The van der Waals surface area contributed by atoms with Gasteiger partial charge in [-0.1, -0.05) is 29.3 Å². The molecule has 3 rings (SSSR count). The molecule has 29 heavy (non-hydrogen) atoms. The third-order valence-corrected chi connectivity index (χ3v) is 7.31. The molecule has 1 fully saturated rings. The fourth-order valence-electron chi connectivity index (χ4n) is 3.22. The van der Waals surface area contributed by atoms with Crippen LogP contribution in [0.2, 0.25) is 10.0 Å². The van der Waals surface area contributed by atoms with E-state index in [0.29, 0.717) is 36.1 Å². The predicted octanol–water partition coefficient (Wildman–Crippen LogP) is 3.76. The van der Waals surface area contributed by atoms with Crippen LogP contribution >= 0.6 is 23.2 Å². The maximum Gasteiger partial charge on any atom is 0.251 e. The second-order valence-electron chi connectivity index (χ2n) is 6.72. The van der Waals surface area contributed by atoms with Crippen LogP contribution in [-0.2, 0) is 16.4 Å². The molecule has 2 aromatic carbocycles. The van der Waals surface area contributed by atoms with Crippen LogP contribution in [0.15, 0.2) is 41.3 Å². The highest BCUT2D eigenvalue weighted by Gasteiger charge is 2.30. The van der Waals surface area contributed by atoms with Crippen molar-refractivity contribution >= 4 is 39.1 Å². The van der Waals surface area contributed by atoms with Crippen molar-refractivity contribution in [3.8, 4) is 5.75 Å². The van der Waals surface area contributed by atoms with Crippen LogP contribution in [0.25, 0.3) is 0 Å². The molecule has 1 aliphatic heterocycles. The minimum Gasteiger partial charge on any atom is -0.495 e. The van der Waals surface area contributed by atoms with Crippen molar-refractivity contribution < 1.29 is 17.9 Å². The van der Waals surface area contributed by atoms with Gasteiger partial charge in [0.25, 0.3) is 5.91 Å². The number of hydrogen-bond donors (Lipinski definition) is 1. The van der Waals surface area contributed by atoms with E-state index < -0.39 is 10.0 Å². The Labute approximate surface area is 180 Å². The lowest BCUT2D eigenvalue weighted by atomic mass is 10.1. The summed E-state index contributed by atoms with van der Waals surface area (Å²) in [5.74, 6) is -0.142. The Balaban J connectivity index is 1.73. The normalized spacial score (nSPS) is 14.7. The maximum atomic E-state index is 12.9. The smallest absolute Gasteiger partial charge is 0.251 e. The Bertz CT molecular complexity index is 1010. The largest absolute Gasteiger partial charge is 0.495 e. The number of ether oxygens (including phenoxy) is 1. The molecule has 1 heterocycles. The van der Waals surface area contributed by atoms with Gasteiger partial charge in [-0.3, -0.25) is 4.79 Å². The molecule has 156 valence electrons. The first-order valence-electron chi connectivity index (χ1n) is 9.23. The van der Waals surface area contributed by atoms with Crippen LogP contribution in [0.3, 0.4) is 0 Å². The van der Waals surface area contributed by atoms with Crippen molar-refractivity contribution in [1.29, 1.82) is 0 Å². The number of carbonyl (C=O) groups excluding carboxylic acids is 1. The highest BCUT2D eigenvalue weighted by Crippen LogP contribution is 2.30. The molecule has 0 spiro atoms. The molecule has 1 aliphatic rings. The van der Waals surface area contributed by atoms with E-state index in [1.165, 1.54) is 23.5 Å². The Kier molecular flexibility index (Phi) is 7.05. The van der Waals surface area contributed by atoms with Crippen molar-refractivity contribution in [2.45, 2.75) is 24.2 Å². The fourth-order valence-corrected chi connectivity index (χ4v) is 5.43. The van der Waals surface area contributed by atoms with Gasteiger partial charge in [-0.25, -0.2) is 8.42 Å². The molecule has 0 unspecified atom stereocenters. The summed E-state index contributed by atoms with van der Waals surface area (Å²) in [4.78, 5) is 12.6. The maximum absolute atomic E-state index is 12.9. The topological polar surface area (TPSA) is 75.7 Å². The number of methoxy groups -OCH3 is 1. The van der Waals surface area contributed by atoms with Crippen LogP contribution in [0.4, 0.5) is 0 Å². The Hall–Kier alpha value is -1.80. The minimum absolute atomic E-state index is 0.00953. The highest BCUT2D eigenvalue weighted by atomic mass is 35.5. The molecule has 1 amide bonds. The number of sulfonamides is 1. The van der Waals surface area contributed by atoms with Crippen LogP contribution < -0.4 is 10.1 Å². The number of amides is 1. The standard InChI is InChI=1S/C20H22Cl2N2O4S/c1-28-18-7-5-15(12-19(18)29(26,27)24-10-2-3-11-24)20(25)23-9-8-14-4-6-16(21)13-17(14)22/h4-7,12-13H,2-3,8-11H2,1H3,(H,23,25). The average Bonchev–Trinajstić information content (AvgIpc) is 3.25. The van der Waals surface area contributed by atoms with E-state index in [2.05, 4.69) is 5.32 Å². The summed E-state index contributed by atoms with van der Waals surface area (Å²) in [6.45, 7) is 1.30. The Morgan fingerprint density at radius 1 is 1.14 bits per heavy atom. The second-order valence-corrected chi connectivity index (χ2v) is 9.47. The first-order chi connectivity index (χ1) is 13.8. The summed E-state index contributed by atoms with van der Waals surface area (Å²) in [6, 6.07) is 9.63. The summed E-state index contributed by atoms with van der Waals surface area (Å²) < 4.78 is 32.5. The monoisotopic (exact) mass is 456 g/mol. The number of rotatable bonds is 7. The number of hydrogen-bond acceptors (Lipinski definition) is 4. The van der Waals surface area contributed by atoms with Gasteiger partial charge in [-0.15, -0.1) is 0 Å². The van der Waals surface area contributed by atoms with Gasteiger partial charge in [0.05, 0.1) is 7.11 Å². The van der Waals surface area contributed by atoms with Crippen molar-refractivity contribution in [3.63, 3.8) is 0 Å². The lowest BCUT2D eigenvalue weighted by Crippen LogP contribution is -2.29. The van der Waals surface area contributed by atoms with E-state index in [0.717, 1.165) is 18.4 Å². The summed E-state index contributed by atoms with van der Waals surface area (Å²) >= 11 is 12.0. The molecule has 1 N–H and O–H groups in total. The Morgan fingerprint density at radius 3 is 2.52 bits per heavy atom. The van der Waals surface area contributed by atoms with Crippen molar-refractivity contribution in [1.82, 2.24) is 9.62 Å². The second kappa shape index (κ2) is 9.34. The van der Waals surface area contributed by atoms with Gasteiger partial charge in [0.2, 0.25) is 10.0 Å². The summed E-state index contributed by atoms with van der Waals surface area (Å²) in [7, 11) is -2.30. The van der Waals surface area contributed by atoms with E-state index in [1.54, 1.807) is 18.2 Å². The summed E-state index contributed by atoms with van der Waals surface area (Å²) in [6.07, 6.45) is 2.18. The lowest BCUT2D eigenvalue weighted by Gasteiger charge is -2.18. The fraction of sp³-hybridized carbons (Fsp3) is 0.350. The van der Waals surface area contributed by atoms with Gasteiger partial charge in [0, 0.05) is 35.2 Å². The molecule has 0 saturated carbocycles. The molecule has 0 aromatic heterocycles. The number of benzene rings is 2. The van der Waals surface area contributed by atoms with Crippen LogP contribution in [0.5, 0.6) is 5.75 Å². The molecule has 1 saturated heterocycles. The molecule has 6 nitrogen and oxygen atoms in total. The quantitative estimate of drug-likeness (QED) is 0.687. The molecule has 0 atom stereocenters. The van der Waals surface area contributed by atoms with E-state index >= 15 is 0 Å². The predicted molar refractivity (Wildman–Crippen MR) is 113 cm³/mol. The molecule has 0 radical (unpaired) electrons. The first-order valence-corrected chi connectivity index (χ1v) is 11.4. The van der Waals surface area contributed by atoms with Gasteiger partial charge in [-0.05, 0) is 55.2 Å². The van der Waals surface area contributed by atoms with Crippen molar-refractivity contribution in [3.05, 3.63) is 57.6 Å². The molecule has 0 aliphatic carbocycles. The minimum atomic E-state index is -3.71. The SMILES string of the molecule is COc1ccc(C(=O)NCCc2ccc(Cl)cc2Cl)cc1S(=O)(=O)N1CCCC1. The van der Waals surface area contributed by atoms with Crippen molar-refractivity contribution in [2.24, 2.45) is 0 Å². The third kappa shape index (κ3) is 5.04. The number of nitrogens with one attached hydrogen (secondary N) is 1. The molecule has 2 aromatic rings. The number of nitrogens with zero attached hydrogens (tertiary/aromatic N) is 1. The Morgan fingerprint density at radius 2 is 1.86 bits per heavy atom. The molecular formula is C20H22Cl2N2O4S. The van der Waals surface area contributed by atoms with E-state index in [1.807, 2.05) is 6.07 Å². The number of carbonyl (C=O) groups is 1. The zero-order chi connectivity index (χ0) is 21.0. The third-order valence-electron chi connectivity index (χ3n) is 4.80. The van der Waals surface area contributed by atoms with Gasteiger partial charge < -0.3 is 10.1 Å². The zero-order valence-corrected chi connectivity index (χ0v) is 18.3. The van der Waals surface area contributed by atoms with Gasteiger partial charge >= 0.3 is 0 Å². The van der Waals surface area contributed by atoms with Crippen LogP contribution in [-0.4, -0.2) is 45.4 Å². The first kappa shape index (κ1) is 21.9. The molecule has 0 bridgehead atoms. The van der Waals surface area contributed by atoms with E-state index in [4.69, 9.17) is 27.9 Å². The highest BCUT2D eigenvalue weighted by molar-refractivity contribution is 7.89. The molecule has 9 heteroatoms. The number of halogens is 2. The summed E-state index contributed by atoms with van der Waals surface area (Å²) in [5.41, 5.74) is 1.12. The van der Waals surface area contributed by atoms with Gasteiger partial charge in [0.1, 0.15) is 10.6 Å².